The fourth-order valence-electron chi connectivity index (χ4n) is 1.80. The molecule has 10 nitrogen and oxygen atoms in total. The number of benzene rings is 1. The van der Waals surface area contributed by atoms with E-state index in [1.165, 1.54) is 19.2 Å². The minimum absolute atomic E-state index is 0.00958. The number of ether oxygens (including phenoxy) is 2. The van der Waals surface area contributed by atoms with Gasteiger partial charge in [-0.1, -0.05) is 0 Å². The van der Waals surface area contributed by atoms with Gasteiger partial charge in [-0.3, -0.25) is 4.18 Å². The predicted octanol–water partition coefficient (Wildman–Crippen LogP) is -0.347. The Morgan fingerprint density at radius 1 is 1.12 bits per heavy atom. The Hall–Kier alpha value is -3.61. The Morgan fingerprint density at radius 2 is 1.62 bits per heavy atom. The first kappa shape index (κ1) is 20.4. The quantitative estimate of drug-likeness (QED) is 0.285. The molecule has 0 aliphatic rings. The molecule has 0 aliphatic carbocycles. The summed E-state index contributed by atoms with van der Waals surface area (Å²) in [5.41, 5.74) is -0.679. The molecule has 132 valence electrons. The summed E-state index contributed by atoms with van der Waals surface area (Å²) in [4.78, 5) is 6.12. The molecule has 0 unspecified atom stereocenters. The van der Waals surface area contributed by atoms with Gasteiger partial charge < -0.3 is 14.0 Å². The standard InChI is InChI=1S/C15H10N4O6S/c1-18-12(8-16)10-7-15(24-4-5-25-26(20,21)22)11(6-14(10)23-3)13(9-17)19-2/h6-7H,4-5H2,3H3,(H,20,21,22)/p-1/b12-10-,13-11+. The SMILES string of the molecule is [C-]#[N+]/C(C#N)=c1/cc(OCCOS(=O)(=O)[O-])/c(=C(\C#N)[N+]#[C-])cc1OC. The summed E-state index contributed by atoms with van der Waals surface area (Å²) in [6.45, 7) is 13.1. The highest BCUT2D eigenvalue weighted by molar-refractivity contribution is 7.80. The zero-order valence-corrected chi connectivity index (χ0v) is 14.0. The molecule has 0 amide bonds. The lowest BCUT2D eigenvalue weighted by Crippen LogP contribution is -2.21. The van der Waals surface area contributed by atoms with Crippen molar-refractivity contribution in [3.05, 3.63) is 45.4 Å². The second-order valence-corrected chi connectivity index (χ2v) is 5.32. The second kappa shape index (κ2) is 9.03. The summed E-state index contributed by atoms with van der Waals surface area (Å²) < 4.78 is 45.6. The van der Waals surface area contributed by atoms with Crippen molar-refractivity contribution >= 4 is 21.8 Å². The van der Waals surface area contributed by atoms with Crippen molar-refractivity contribution in [1.29, 1.82) is 10.5 Å². The van der Waals surface area contributed by atoms with E-state index in [0.717, 1.165) is 0 Å². The van der Waals surface area contributed by atoms with Gasteiger partial charge in [0.1, 0.15) is 18.1 Å². The van der Waals surface area contributed by atoms with Crippen molar-refractivity contribution in [3.63, 3.8) is 0 Å². The first-order valence-electron chi connectivity index (χ1n) is 6.56. The number of methoxy groups -OCH3 is 1. The highest BCUT2D eigenvalue weighted by Crippen LogP contribution is 2.12. The molecule has 0 aromatic heterocycles. The molecular weight excluding hydrogens is 364 g/mol. The van der Waals surface area contributed by atoms with Crippen LogP contribution in [0.15, 0.2) is 12.1 Å². The Kier molecular flexibility index (Phi) is 7.09. The average molecular weight is 373 g/mol. The van der Waals surface area contributed by atoms with Gasteiger partial charge in [-0.05, 0) is 12.1 Å². The first-order chi connectivity index (χ1) is 12.3. The van der Waals surface area contributed by atoms with Crippen LogP contribution in [0.25, 0.3) is 21.1 Å². The van der Waals surface area contributed by atoms with Gasteiger partial charge in [-0.15, -0.1) is 0 Å². The number of hydrogen-bond acceptors (Lipinski definition) is 8. The van der Waals surface area contributed by atoms with Crippen LogP contribution in [0.2, 0.25) is 0 Å². The molecule has 0 aliphatic heterocycles. The molecule has 1 rings (SSSR count). The lowest BCUT2D eigenvalue weighted by atomic mass is 10.1. The zero-order chi connectivity index (χ0) is 19.7. The topological polar surface area (TPSA) is 141 Å². The molecular formula is C15H9N4O6S-. The van der Waals surface area contributed by atoms with E-state index in [1.807, 2.05) is 0 Å². The maximum Gasteiger partial charge on any atom is 0.272 e. The Labute approximate surface area is 149 Å². The number of nitrogens with zero attached hydrogens (tertiary/aromatic N) is 4. The smallest absolute Gasteiger partial charge is 0.272 e. The molecule has 0 heterocycles. The molecule has 1 aromatic rings. The van der Waals surface area contributed by atoms with E-state index in [9.17, 15) is 13.0 Å². The van der Waals surface area contributed by atoms with Crippen molar-refractivity contribution < 1.29 is 26.6 Å². The average Bonchev–Trinajstić information content (AvgIpc) is 2.61. The first-order valence-corrected chi connectivity index (χ1v) is 7.89. The van der Waals surface area contributed by atoms with E-state index in [1.54, 1.807) is 12.1 Å². The summed E-state index contributed by atoms with van der Waals surface area (Å²) in [7, 11) is -3.62. The second-order valence-electron chi connectivity index (χ2n) is 4.27. The van der Waals surface area contributed by atoms with Crippen molar-refractivity contribution in [3.8, 4) is 23.6 Å². The van der Waals surface area contributed by atoms with Crippen LogP contribution >= 0.6 is 0 Å². The number of hydrogen-bond donors (Lipinski definition) is 0. The van der Waals surface area contributed by atoms with E-state index in [0.29, 0.717) is 0 Å². The molecule has 0 bridgehead atoms. The van der Waals surface area contributed by atoms with Gasteiger partial charge in [0.2, 0.25) is 10.4 Å². The Morgan fingerprint density at radius 3 is 2.04 bits per heavy atom. The van der Waals surface area contributed by atoms with Crippen LogP contribution in [0.1, 0.15) is 0 Å². The molecule has 0 fully saturated rings. The third-order valence-electron chi connectivity index (χ3n) is 2.82. The van der Waals surface area contributed by atoms with Crippen LogP contribution in [0, 0.1) is 35.8 Å². The molecule has 0 atom stereocenters. The van der Waals surface area contributed by atoms with Crippen LogP contribution in [-0.4, -0.2) is 33.3 Å². The zero-order valence-electron chi connectivity index (χ0n) is 13.2. The van der Waals surface area contributed by atoms with Crippen LogP contribution in [0.4, 0.5) is 0 Å². The summed E-state index contributed by atoms with van der Waals surface area (Å²) in [6.07, 6.45) is 0. The van der Waals surface area contributed by atoms with Gasteiger partial charge in [0.15, 0.2) is 0 Å². The fourth-order valence-corrected chi connectivity index (χ4v) is 2.07. The van der Waals surface area contributed by atoms with E-state index in [-0.39, 0.29) is 33.3 Å². The van der Waals surface area contributed by atoms with E-state index in [2.05, 4.69) is 13.9 Å². The number of rotatable bonds is 6. The highest BCUT2D eigenvalue weighted by atomic mass is 32.3. The maximum atomic E-state index is 10.4. The van der Waals surface area contributed by atoms with Gasteiger partial charge >= 0.3 is 0 Å². The molecule has 11 heteroatoms. The van der Waals surface area contributed by atoms with Crippen molar-refractivity contribution in [1.82, 2.24) is 0 Å². The lowest BCUT2D eigenvalue weighted by molar-refractivity contribution is 0.198. The predicted molar refractivity (Wildman–Crippen MR) is 84.6 cm³/mol. The minimum Gasteiger partial charge on any atom is -0.726 e. The Bertz CT molecular complexity index is 1070. The van der Waals surface area contributed by atoms with Gasteiger partial charge in [0.25, 0.3) is 11.4 Å². The third kappa shape index (κ3) is 5.20. The van der Waals surface area contributed by atoms with Gasteiger partial charge in [0, 0.05) is 10.4 Å². The van der Waals surface area contributed by atoms with Gasteiger partial charge in [0.05, 0.1) is 39.0 Å². The van der Waals surface area contributed by atoms with E-state index < -0.39 is 23.6 Å². The van der Waals surface area contributed by atoms with Gasteiger partial charge in [-0.2, -0.15) is 0 Å². The summed E-state index contributed by atoms with van der Waals surface area (Å²) in [5, 5.41) is 18.2. The largest absolute Gasteiger partial charge is 0.726 e. The number of nitriles is 2. The van der Waals surface area contributed by atoms with E-state index >= 15 is 0 Å². The van der Waals surface area contributed by atoms with Crippen LogP contribution in [-0.2, 0) is 14.6 Å². The molecule has 0 saturated carbocycles. The van der Waals surface area contributed by atoms with Crippen molar-refractivity contribution in [2.75, 3.05) is 20.3 Å². The molecule has 1 aromatic carbocycles. The summed E-state index contributed by atoms with van der Waals surface area (Å²) in [5.74, 6) is -0.0219. The van der Waals surface area contributed by atoms with Crippen LogP contribution < -0.4 is 19.9 Å². The fraction of sp³-hybridized carbons (Fsp3) is 0.200. The molecule has 0 saturated heterocycles. The van der Waals surface area contributed by atoms with Crippen LogP contribution in [0.5, 0.6) is 11.5 Å². The van der Waals surface area contributed by atoms with Crippen molar-refractivity contribution in [2.24, 2.45) is 0 Å². The lowest BCUT2D eigenvalue weighted by Gasteiger charge is -2.11. The highest BCUT2D eigenvalue weighted by Gasteiger charge is 2.11. The monoisotopic (exact) mass is 373 g/mol. The van der Waals surface area contributed by atoms with Gasteiger partial charge in [-0.25, -0.2) is 28.6 Å². The molecule has 0 N–H and O–H groups in total. The minimum atomic E-state index is -4.90. The summed E-state index contributed by atoms with van der Waals surface area (Å²) >= 11 is 0. The van der Waals surface area contributed by atoms with Crippen LogP contribution in [0.3, 0.4) is 0 Å². The Balaban J connectivity index is 3.59. The molecule has 0 radical (unpaired) electrons. The van der Waals surface area contributed by atoms with Crippen molar-refractivity contribution in [2.45, 2.75) is 0 Å². The summed E-state index contributed by atoms with van der Waals surface area (Å²) in [6, 6.07) is 5.80. The molecule has 26 heavy (non-hydrogen) atoms. The molecule has 0 spiro atoms. The normalized spacial score (nSPS) is 12.5. The van der Waals surface area contributed by atoms with E-state index in [4.69, 9.17) is 33.1 Å². The third-order valence-corrected chi connectivity index (χ3v) is 3.27. The maximum absolute atomic E-state index is 10.4.